The van der Waals surface area contributed by atoms with E-state index in [0.717, 1.165) is 5.41 Å². The summed E-state index contributed by atoms with van der Waals surface area (Å²) in [4.78, 5) is 2.72. The van der Waals surface area contributed by atoms with Gasteiger partial charge in [-0.2, -0.15) is 0 Å². The van der Waals surface area contributed by atoms with Crippen molar-refractivity contribution >= 4 is 0 Å². The number of hydrogen-bond acceptors (Lipinski definition) is 2. The van der Waals surface area contributed by atoms with Gasteiger partial charge in [0.1, 0.15) is 0 Å². The predicted octanol–water partition coefficient (Wildman–Crippen LogP) is 3.42. The van der Waals surface area contributed by atoms with Gasteiger partial charge in [0.2, 0.25) is 0 Å². The summed E-state index contributed by atoms with van der Waals surface area (Å²) in [7, 11) is 2.07. The first kappa shape index (κ1) is 14.3. The van der Waals surface area contributed by atoms with E-state index < -0.39 is 0 Å². The zero-order chi connectivity index (χ0) is 12.8. The average molecular weight is 252 g/mol. The van der Waals surface area contributed by atoms with Crippen LogP contribution in [0.25, 0.3) is 0 Å². The summed E-state index contributed by atoms with van der Waals surface area (Å²) in [6.07, 6.45) is 13.1. The van der Waals surface area contributed by atoms with E-state index in [1.54, 1.807) is 0 Å². The lowest BCUT2D eigenvalue weighted by molar-refractivity contribution is 0.107. The second-order valence-corrected chi connectivity index (χ2v) is 6.73. The molecule has 0 aromatic carbocycles. The molecule has 106 valence electrons. The molecule has 1 aliphatic heterocycles. The molecule has 1 spiro atoms. The van der Waals surface area contributed by atoms with Crippen LogP contribution < -0.4 is 5.32 Å². The van der Waals surface area contributed by atoms with E-state index in [-0.39, 0.29) is 0 Å². The molecule has 1 heterocycles. The second-order valence-electron chi connectivity index (χ2n) is 6.73. The van der Waals surface area contributed by atoms with Crippen LogP contribution in [-0.2, 0) is 0 Å². The van der Waals surface area contributed by atoms with Crippen molar-refractivity contribution in [2.24, 2.45) is 5.41 Å². The number of hydrogen-bond donors (Lipinski definition) is 1. The van der Waals surface area contributed by atoms with Gasteiger partial charge >= 0.3 is 0 Å². The second kappa shape index (κ2) is 6.91. The molecule has 2 rings (SSSR count). The lowest BCUT2D eigenvalue weighted by Gasteiger charge is -2.39. The fraction of sp³-hybridized carbons (Fsp3) is 1.00. The fourth-order valence-corrected chi connectivity index (χ4v) is 3.81. The summed E-state index contributed by atoms with van der Waals surface area (Å²) >= 11 is 0. The lowest BCUT2D eigenvalue weighted by atomic mass is 9.77. The number of rotatable bonds is 6. The van der Waals surface area contributed by atoms with Crippen LogP contribution >= 0.6 is 0 Å². The zero-order valence-corrected chi connectivity index (χ0v) is 12.5. The van der Waals surface area contributed by atoms with Crippen LogP contribution in [0.4, 0.5) is 0 Å². The molecule has 18 heavy (non-hydrogen) atoms. The monoisotopic (exact) mass is 252 g/mol. The van der Waals surface area contributed by atoms with Gasteiger partial charge in [-0.3, -0.25) is 0 Å². The van der Waals surface area contributed by atoms with Gasteiger partial charge < -0.3 is 10.2 Å². The maximum Gasteiger partial charge on any atom is 0.00357 e. The van der Waals surface area contributed by atoms with E-state index in [0.29, 0.717) is 6.04 Å². The molecule has 2 fully saturated rings. The molecule has 0 radical (unpaired) electrons. The molecule has 2 heteroatoms. The molecule has 2 nitrogen and oxygen atoms in total. The van der Waals surface area contributed by atoms with Gasteiger partial charge in [-0.15, -0.1) is 0 Å². The number of piperidine rings is 1. The highest BCUT2D eigenvalue weighted by Crippen LogP contribution is 2.46. The van der Waals surface area contributed by atoms with Crippen LogP contribution in [0, 0.1) is 5.41 Å². The first-order valence-corrected chi connectivity index (χ1v) is 8.14. The van der Waals surface area contributed by atoms with E-state index in [4.69, 9.17) is 0 Å². The Kier molecular flexibility index (Phi) is 5.50. The molecule has 1 saturated heterocycles. The Labute approximate surface area is 114 Å². The minimum atomic E-state index is 0.688. The van der Waals surface area contributed by atoms with Gasteiger partial charge in [0.15, 0.2) is 0 Å². The van der Waals surface area contributed by atoms with Crippen LogP contribution in [0.3, 0.4) is 0 Å². The van der Waals surface area contributed by atoms with Crippen molar-refractivity contribution in [3.8, 4) is 0 Å². The van der Waals surface area contributed by atoms with Crippen LogP contribution in [-0.4, -0.2) is 37.6 Å². The first-order chi connectivity index (χ1) is 8.74. The maximum atomic E-state index is 3.32. The molecular weight excluding hydrogens is 220 g/mol. The highest BCUT2D eigenvalue weighted by atomic mass is 15.1. The summed E-state index contributed by atoms with van der Waals surface area (Å²) in [5.74, 6) is 0. The van der Waals surface area contributed by atoms with Gasteiger partial charge in [-0.25, -0.2) is 0 Å². The Bertz CT molecular complexity index is 223. The Morgan fingerprint density at radius 2 is 1.72 bits per heavy atom. The minimum absolute atomic E-state index is 0.688. The SMILES string of the molecule is CNC(C)CCCCN1CCC2(CCCC2)CC1. The third-order valence-electron chi connectivity index (χ3n) is 5.44. The molecule has 0 bridgehead atoms. The Balaban J connectivity index is 1.56. The Hall–Kier alpha value is -0.0800. The number of unbranched alkanes of at least 4 members (excludes halogenated alkanes) is 1. The Morgan fingerprint density at radius 3 is 2.33 bits per heavy atom. The Morgan fingerprint density at radius 1 is 1.06 bits per heavy atom. The lowest BCUT2D eigenvalue weighted by Crippen LogP contribution is -2.39. The molecular formula is C16H32N2. The summed E-state index contributed by atoms with van der Waals surface area (Å²) in [5.41, 5.74) is 0.789. The topological polar surface area (TPSA) is 15.3 Å². The van der Waals surface area contributed by atoms with Crippen molar-refractivity contribution in [3.05, 3.63) is 0 Å². The highest BCUT2D eigenvalue weighted by molar-refractivity contribution is 4.89. The van der Waals surface area contributed by atoms with Gasteiger partial charge in [-0.1, -0.05) is 19.3 Å². The molecule has 0 amide bonds. The quantitative estimate of drug-likeness (QED) is 0.729. The summed E-state index contributed by atoms with van der Waals surface area (Å²) in [5, 5.41) is 3.32. The molecule has 1 N–H and O–H groups in total. The van der Waals surface area contributed by atoms with Crippen molar-refractivity contribution < 1.29 is 0 Å². The standard InChI is InChI=1S/C16H32N2/c1-15(17-2)7-3-6-12-18-13-10-16(11-14-18)8-4-5-9-16/h15,17H,3-14H2,1-2H3. The highest BCUT2D eigenvalue weighted by Gasteiger charge is 2.36. The van der Waals surface area contributed by atoms with E-state index in [9.17, 15) is 0 Å². The third kappa shape index (κ3) is 3.96. The summed E-state index contributed by atoms with van der Waals surface area (Å²) in [6, 6.07) is 0.688. The average Bonchev–Trinajstić information content (AvgIpc) is 2.85. The van der Waals surface area contributed by atoms with E-state index in [2.05, 4.69) is 24.2 Å². The molecule has 0 aromatic heterocycles. The number of likely N-dealkylation sites (tertiary alicyclic amines) is 1. The number of nitrogens with zero attached hydrogens (tertiary/aromatic N) is 1. The number of nitrogens with one attached hydrogen (secondary N) is 1. The fourth-order valence-electron chi connectivity index (χ4n) is 3.81. The molecule has 0 aromatic rings. The molecule has 1 aliphatic carbocycles. The third-order valence-corrected chi connectivity index (χ3v) is 5.44. The van der Waals surface area contributed by atoms with E-state index in [1.807, 2.05) is 0 Å². The molecule has 1 unspecified atom stereocenters. The van der Waals surface area contributed by atoms with Crippen LogP contribution in [0.15, 0.2) is 0 Å². The van der Waals surface area contributed by atoms with E-state index >= 15 is 0 Å². The first-order valence-electron chi connectivity index (χ1n) is 8.14. The van der Waals surface area contributed by atoms with Gasteiger partial charge in [-0.05, 0) is 77.5 Å². The van der Waals surface area contributed by atoms with Crippen molar-refractivity contribution in [2.75, 3.05) is 26.7 Å². The molecule has 1 atom stereocenters. The van der Waals surface area contributed by atoms with Gasteiger partial charge in [0.05, 0.1) is 0 Å². The van der Waals surface area contributed by atoms with Crippen molar-refractivity contribution in [2.45, 2.75) is 70.8 Å². The van der Waals surface area contributed by atoms with Gasteiger partial charge in [0.25, 0.3) is 0 Å². The van der Waals surface area contributed by atoms with Crippen molar-refractivity contribution in [3.63, 3.8) is 0 Å². The van der Waals surface area contributed by atoms with Crippen LogP contribution in [0.2, 0.25) is 0 Å². The van der Waals surface area contributed by atoms with Crippen LogP contribution in [0.1, 0.15) is 64.7 Å². The molecule has 1 saturated carbocycles. The van der Waals surface area contributed by atoms with Crippen molar-refractivity contribution in [1.29, 1.82) is 0 Å². The zero-order valence-electron chi connectivity index (χ0n) is 12.5. The maximum absolute atomic E-state index is 3.32. The normalized spacial score (nSPS) is 25.7. The smallest absolute Gasteiger partial charge is 0.00357 e. The van der Waals surface area contributed by atoms with Crippen molar-refractivity contribution in [1.82, 2.24) is 10.2 Å². The van der Waals surface area contributed by atoms with E-state index in [1.165, 1.54) is 77.4 Å². The summed E-state index contributed by atoms with van der Waals surface area (Å²) in [6.45, 7) is 6.38. The molecule has 2 aliphatic rings. The van der Waals surface area contributed by atoms with Crippen LogP contribution in [0.5, 0.6) is 0 Å². The predicted molar refractivity (Wildman–Crippen MR) is 78.9 cm³/mol. The van der Waals surface area contributed by atoms with Gasteiger partial charge in [0, 0.05) is 6.04 Å². The minimum Gasteiger partial charge on any atom is -0.317 e. The largest absolute Gasteiger partial charge is 0.317 e. The summed E-state index contributed by atoms with van der Waals surface area (Å²) < 4.78 is 0.